The van der Waals surface area contributed by atoms with Crippen molar-refractivity contribution in [3.05, 3.63) is 0 Å². The van der Waals surface area contributed by atoms with Crippen molar-refractivity contribution in [2.75, 3.05) is 39.4 Å². The third kappa shape index (κ3) is 4.38. The highest BCUT2D eigenvalue weighted by Crippen LogP contribution is 2.13. The Hall–Kier alpha value is -0.150. The third-order valence-corrected chi connectivity index (χ3v) is 3.03. The fourth-order valence-electron chi connectivity index (χ4n) is 2.09. The summed E-state index contributed by atoms with van der Waals surface area (Å²) >= 11 is 0. The molecule has 1 aliphatic rings. The van der Waals surface area contributed by atoms with E-state index in [4.69, 9.17) is 0 Å². The van der Waals surface area contributed by atoms with Crippen LogP contribution in [-0.2, 0) is 0 Å². The van der Waals surface area contributed by atoms with E-state index in [-0.39, 0.29) is 6.67 Å². The van der Waals surface area contributed by atoms with E-state index < -0.39 is 0 Å². The lowest BCUT2D eigenvalue weighted by molar-refractivity contribution is 0.206. The Morgan fingerprint density at radius 3 is 2.64 bits per heavy atom. The largest absolute Gasteiger partial charge is 0.317 e. The highest BCUT2D eigenvalue weighted by atomic mass is 19.1. The number of rotatable bonds is 6. The fraction of sp³-hybridized carbons (Fsp3) is 1.00. The molecule has 0 aromatic carbocycles. The predicted molar refractivity (Wildman–Crippen MR) is 58.3 cm³/mol. The zero-order valence-corrected chi connectivity index (χ0v) is 9.27. The number of nitrogens with zero attached hydrogens (tertiary/aromatic N) is 1. The second-order valence-electron chi connectivity index (χ2n) is 4.13. The monoisotopic (exact) mass is 202 g/mol. The van der Waals surface area contributed by atoms with Crippen LogP contribution in [0.3, 0.4) is 0 Å². The maximum atomic E-state index is 12.0. The van der Waals surface area contributed by atoms with Crippen molar-refractivity contribution in [2.24, 2.45) is 5.92 Å². The van der Waals surface area contributed by atoms with Gasteiger partial charge < -0.3 is 10.2 Å². The first-order chi connectivity index (χ1) is 6.86. The quantitative estimate of drug-likeness (QED) is 0.705. The number of nitrogens with one attached hydrogen (secondary N) is 1. The van der Waals surface area contributed by atoms with Crippen LogP contribution in [0.4, 0.5) is 4.39 Å². The number of alkyl halides is 1. The summed E-state index contributed by atoms with van der Waals surface area (Å²) in [6, 6.07) is 0. The van der Waals surface area contributed by atoms with Crippen molar-refractivity contribution in [1.29, 1.82) is 0 Å². The molecular formula is C11H23FN2. The van der Waals surface area contributed by atoms with Crippen LogP contribution in [0.15, 0.2) is 0 Å². The van der Waals surface area contributed by atoms with E-state index in [0.29, 0.717) is 6.42 Å². The topological polar surface area (TPSA) is 15.3 Å². The molecule has 0 unspecified atom stereocenters. The van der Waals surface area contributed by atoms with Gasteiger partial charge in [-0.3, -0.25) is 4.39 Å². The molecule has 0 bridgehead atoms. The van der Waals surface area contributed by atoms with Crippen molar-refractivity contribution in [2.45, 2.75) is 26.2 Å². The lowest BCUT2D eigenvalue weighted by atomic mass is 9.97. The van der Waals surface area contributed by atoms with Gasteiger partial charge in [-0.15, -0.1) is 0 Å². The summed E-state index contributed by atoms with van der Waals surface area (Å²) in [5, 5.41) is 3.37. The minimum Gasteiger partial charge on any atom is -0.317 e. The van der Waals surface area contributed by atoms with E-state index in [2.05, 4.69) is 17.1 Å². The van der Waals surface area contributed by atoms with Gasteiger partial charge in [0.15, 0.2) is 0 Å². The number of hydrogen-bond donors (Lipinski definition) is 1. The second kappa shape index (κ2) is 7.18. The van der Waals surface area contributed by atoms with Crippen molar-refractivity contribution in [3.63, 3.8) is 0 Å². The van der Waals surface area contributed by atoms with Gasteiger partial charge in [0.2, 0.25) is 0 Å². The van der Waals surface area contributed by atoms with Gasteiger partial charge in [0.25, 0.3) is 0 Å². The standard InChI is InChI=1S/C11H23FN2/c1-2-14(9-3-6-12)10-11-4-7-13-8-5-11/h11,13H,2-10H2,1H3. The molecule has 1 saturated heterocycles. The van der Waals surface area contributed by atoms with Crippen LogP contribution >= 0.6 is 0 Å². The molecule has 0 saturated carbocycles. The average molecular weight is 202 g/mol. The molecule has 1 heterocycles. The molecule has 84 valence electrons. The third-order valence-electron chi connectivity index (χ3n) is 3.03. The van der Waals surface area contributed by atoms with Crippen LogP contribution in [0, 0.1) is 5.92 Å². The summed E-state index contributed by atoms with van der Waals surface area (Å²) in [5.41, 5.74) is 0. The van der Waals surface area contributed by atoms with Gasteiger partial charge in [-0.2, -0.15) is 0 Å². The van der Waals surface area contributed by atoms with E-state index in [1.807, 2.05) is 0 Å². The van der Waals surface area contributed by atoms with Crippen molar-refractivity contribution >= 4 is 0 Å². The smallest absolute Gasteiger partial charge is 0.0906 e. The average Bonchev–Trinajstić information content (AvgIpc) is 2.25. The normalized spacial score (nSPS) is 19.1. The zero-order chi connectivity index (χ0) is 10.2. The SMILES string of the molecule is CCN(CCCF)CC1CCNCC1. The molecule has 2 nitrogen and oxygen atoms in total. The molecule has 1 fully saturated rings. The molecule has 0 atom stereocenters. The fourth-order valence-corrected chi connectivity index (χ4v) is 2.09. The van der Waals surface area contributed by atoms with Gasteiger partial charge in [0, 0.05) is 13.1 Å². The maximum absolute atomic E-state index is 12.0. The Kier molecular flexibility index (Phi) is 6.12. The van der Waals surface area contributed by atoms with Crippen LogP contribution in [-0.4, -0.2) is 44.3 Å². The summed E-state index contributed by atoms with van der Waals surface area (Å²) in [6.07, 6.45) is 3.26. The van der Waals surface area contributed by atoms with Crippen LogP contribution < -0.4 is 5.32 Å². The summed E-state index contributed by atoms with van der Waals surface area (Å²) in [7, 11) is 0. The summed E-state index contributed by atoms with van der Waals surface area (Å²) < 4.78 is 12.0. The Balaban J connectivity index is 2.16. The van der Waals surface area contributed by atoms with Crippen LogP contribution in [0.1, 0.15) is 26.2 Å². The molecule has 1 aliphatic heterocycles. The minimum atomic E-state index is -0.178. The molecule has 0 aliphatic carbocycles. The summed E-state index contributed by atoms with van der Waals surface area (Å²) in [4.78, 5) is 2.38. The first-order valence-corrected chi connectivity index (χ1v) is 5.85. The Bertz CT molecular complexity index is 135. The predicted octanol–water partition coefficient (Wildman–Crippen LogP) is 1.67. The highest BCUT2D eigenvalue weighted by molar-refractivity contribution is 4.72. The van der Waals surface area contributed by atoms with Crippen molar-refractivity contribution in [1.82, 2.24) is 10.2 Å². The van der Waals surface area contributed by atoms with E-state index in [1.165, 1.54) is 12.8 Å². The van der Waals surface area contributed by atoms with Gasteiger partial charge in [0.1, 0.15) is 0 Å². The number of piperidine rings is 1. The molecule has 3 heteroatoms. The summed E-state index contributed by atoms with van der Waals surface area (Å²) in [6.45, 7) is 7.46. The Morgan fingerprint density at radius 2 is 2.07 bits per heavy atom. The van der Waals surface area contributed by atoms with Gasteiger partial charge >= 0.3 is 0 Å². The molecule has 0 spiro atoms. The summed E-state index contributed by atoms with van der Waals surface area (Å²) in [5.74, 6) is 0.829. The first-order valence-electron chi connectivity index (χ1n) is 5.85. The lowest BCUT2D eigenvalue weighted by Crippen LogP contribution is -2.36. The number of hydrogen-bond acceptors (Lipinski definition) is 2. The van der Waals surface area contributed by atoms with Gasteiger partial charge in [0.05, 0.1) is 6.67 Å². The van der Waals surface area contributed by atoms with Crippen LogP contribution in [0.5, 0.6) is 0 Å². The van der Waals surface area contributed by atoms with Crippen LogP contribution in [0.2, 0.25) is 0 Å². The molecule has 14 heavy (non-hydrogen) atoms. The number of halogens is 1. The minimum absolute atomic E-state index is 0.178. The lowest BCUT2D eigenvalue weighted by Gasteiger charge is -2.29. The zero-order valence-electron chi connectivity index (χ0n) is 9.27. The molecule has 1 N–H and O–H groups in total. The van der Waals surface area contributed by atoms with Crippen LogP contribution in [0.25, 0.3) is 0 Å². The van der Waals surface area contributed by atoms with Crippen molar-refractivity contribution in [3.8, 4) is 0 Å². The second-order valence-corrected chi connectivity index (χ2v) is 4.13. The molecule has 0 radical (unpaired) electrons. The van der Waals surface area contributed by atoms with E-state index in [1.54, 1.807) is 0 Å². The maximum Gasteiger partial charge on any atom is 0.0906 e. The Labute approximate surface area is 86.9 Å². The van der Waals surface area contributed by atoms with E-state index in [9.17, 15) is 4.39 Å². The van der Waals surface area contributed by atoms with Gasteiger partial charge in [-0.1, -0.05) is 6.92 Å². The highest BCUT2D eigenvalue weighted by Gasteiger charge is 2.15. The Morgan fingerprint density at radius 1 is 1.36 bits per heavy atom. The van der Waals surface area contributed by atoms with Gasteiger partial charge in [-0.05, 0) is 44.8 Å². The molecule has 0 aromatic heterocycles. The van der Waals surface area contributed by atoms with E-state index >= 15 is 0 Å². The van der Waals surface area contributed by atoms with E-state index in [0.717, 1.165) is 38.6 Å². The van der Waals surface area contributed by atoms with Crippen molar-refractivity contribution < 1.29 is 4.39 Å². The molecular weight excluding hydrogens is 179 g/mol. The van der Waals surface area contributed by atoms with Gasteiger partial charge in [-0.25, -0.2) is 0 Å². The molecule has 0 aromatic rings. The molecule has 1 rings (SSSR count). The molecule has 0 amide bonds. The first kappa shape index (κ1) is 11.9.